The number of carbonyl (C=O) groups excluding carboxylic acids is 2. The van der Waals surface area contributed by atoms with Gasteiger partial charge in [0.1, 0.15) is 0 Å². The van der Waals surface area contributed by atoms with Crippen LogP contribution in [-0.2, 0) is 20.9 Å². The quantitative estimate of drug-likeness (QED) is 0.556. The SMILES string of the molecule is CC(C)[C@H]1C[C@@H]2C(=O)N(C3CCN(Cc4ccccc4)CC3)C(=O)[C@@H]2[C@@H]2C[C@@H](c3ccc(O)c(F)c3)O[C@]12O. The number of piperidine rings is 1. The van der Waals surface area contributed by atoms with Crippen molar-refractivity contribution in [2.75, 3.05) is 13.1 Å². The first kappa shape index (κ1) is 26.4. The third-order valence-corrected chi connectivity index (χ3v) is 9.63. The Kier molecular flexibility index (Phi) is 6.76. The summed E-state index contributed by atoms with van der Waals surface area (Å²) in [6.45, 7) is 6.47. The summed E-state index contributed by atoms with van der Waals surface area (Å²) in [6, 6.07) is 14.2. The number of halogens is 1. The zero-order chi connectivity index (χ0) is 27.5. The minimum atomic E-state index is -1.58. The highest BCUT2D eigenvalue weighted by molar-refractivity contribution is 6.06. The average molecular weight is 537 g/mol. The molecule has 2 N–H and O–H groups in total. The lowest BCUT2D eigenvalue weighted by molar-refractivity contribution is -0.276. The number of aromatic hydroxyl groups is 1. The summed E-state index contributed by atoms with van der Waals surface area (Å²) in [5.41, 5.74) is 1.75. The number of aliphatic hydroxyl groups is 1. The van der Waals surface area contributed by atoms with Gasteiger partial charge in [-0.1, -0.05) is 50.2 Å². The van der Waals surface area contributed by atoms with Crippen LogP contribution < -0.4 is 0 Å². The molecule has 6 atom stereocenters. The number of benzene rings is 2. The monoisotopic (exact) mass is 536 g/mol. The highest BCUT2D eigenvalue weighted by Crippen LogP contribution is 2.60. The van der Waals surface area contributed by atoms with Gasteiger partial charge in [0, 0.05) is 37.5 Å². The Labute approximate surface area is 228 Å². The van der Waals surface area contributed by atoms with Crippen molar-refractivity contribution in [2.24, 2.45) is 29.6 Å². The van der Waals surface area contributed by atoms with Crippen LogP contribution in [-0.4, -0.2) is 56.7 Å². The predicted octanol–water partition coefficient (Wildman–Crippen LogP) is 4.24. The van der Waals surface area contributed by atoms with E-state index in [1.165, 1.54) is 22.6 Å². The van der Waals surface area contributed by atoms with E-state index in [1.54, 1.807) is 6.07 Å². The normalized spacial score (nSPS) is 33.6. The van der Waals surface area contributed by atoms with Gasteiger partial charge in [0.15, 0.2) is 17.4 Å². The molecule has 39 heavy (non-hydrogen) atoms. The van der Waals surface area contributed by atoms with Crippen molar-refractivity contribution < 1.29 is 28.9 Å². The molecule has 3 saturated heterocycles. The molecule has 3 aliphatic heterocycles. The number of imide groups is 1. The minimum absolute atomic E-state index is 0.0203. The fourth-order valence-corrected chi connectivity index (χ4v) is 7.66. The van der Waals surface area contributed by atoms with Gasteiger partial charge < -0.3 is 14.9 Å². The topological polar surface area (TPSA) is 90.3 Å². The fourth-order valence-electron chi connectivity index (χ4n) is 7.66. The number of phenolic OH excluding ortho intramolecular Hbond substituents is 1. The van der Waals surface area contributed by atoms with Gasteiger partial charge in [0.25, 0.3) is 0 Å². The van der Waals surface area contributed by atoms with Gasteiger partial charge in [-0.25, -0.2) is 4.39 Å². The van der Waals surface area contributed by atoms with E-state index in [-0.39, 0.29) is 29.7 Å². The molecular weight excluding hydrogens is 499 g/mol. The Morgan fingerprint density at radius 3 is 2.44 bits per heavy atom. The van der Waals surface area contributed by atoms with Gasteiger partial charge in [0.05, 0.1) is 17.9 Å². The summed E-state index contributed by atoms with van der Waals surface area (Å²) >= 11 is 0. The summed E-state index contributed by atoms with van der Waals surface area (Å²) < 4.78 is 20.4. The van der Waals surface area contributed by atoms with Gasteiger partial charge in [-0.3, -0.25) is 19.4 Å². The van der Waals surface area contributed by atoms with Gasteiger partial charge >= 0.3 is 0 Å². The smallest absolute Gasteiger partial charge is 0.233 e. The van der Waals surface area contributed by atoms with Gasteiger partial charge in [-0.05, 0) is 54.9 Å². The molecule has 0 spiro atoms. The summed E-state index contributed by atoms with van der Waals surface area (Å²) in [5, 5.41) is 21.6. The molecule has 4 aliphatic rings. The molecule has 0 aromatic heterocycles. The maximum Gasteiger partial charge on any atom is 0.233 e. The first-order valence-electron chi connectivity index (χ1n) is 14.2. The number of nitrogens with zero attached hydrogens (tertiary/aromatic N) is 2. The van der Waals surface area contributed by atoms with Crippen LogP contribution in [0.4, 0.5) is 4.39 Å². The number of phenols is 1. The van der Waals surface area contributed by atoms with Crippen LogP contribution in [0.15, 0.2) is 48.5 Å². The van der Waals surface area contributed by atoms with Crippen LogP contribution in [0.5, 0.6) is 5.75 Å². The van der Waals surface area contributed by atoms with E-state index < -0.39 is 41.2 Å². The first-order valence-corrected chi connectivity index (χ1v) is 14.2. The van der Waals surface area contributed by atoms with Crippen molar-refractivity contribution in [3.63, 3.8) is 0 Å². The van der Waals surface area contributed by atoms with Crippen molar-refractivity contribution in [1.29, 1.82) is 0 Å². The maximum absolute atomic E-state index is 14.2. The minimum Gasteiger partial charge on any atom is -0.505 e. The molecule has 2 amide bonds. The van der Waals surface area contributed by atoms with Crippen molar-refractivity contribution in [3.05, 3.63) is 65.5 Å². The van der Waals surface area contributed by atoms with E-state index in [0.717, 1.165) is 32.5 Å². The molecule has 1 saturated carbocycles. The highest BCUT2D eigenvalue weighted by atomic mass is 19.1. The molecular formula is C31H37FN2O5. The van der Waals surface area contributed by atoms with Gasteiger partial charge in [0.2, 0.25) is 11.8 Å². The van der Waals surface area contributed by atoms with Crippen LogP contribution in [0.1, 0.15) is 56.8 Å². The number of likely N-dealkylation sites (tertiary alicyclic amines) is 2. The van der Waals surface area contributed by atoms with Crippen LogP contribution in [0, 0.1) is 35.4 Å². The molecule has 2 aromatic rings. The molecule has 7 nitrogen and oxygen atoms in total. The maximum atomic E-state index is 14.2. The number of rotatable bonds is 5. The Bertz CT molecular complexity index is 1250. The van der Waals surface area contributed by atoms with E-state index in [9.17, 15) is 24.2 Å². The molecule has 2 aromatic carbocycles. The number of hydrogen-bond acceptors (Lipinski definition) is 6. The fraction of sp³-hybridized carbons (Fsp3) is 0.548. The molecule has 6 rings (SSSR count). The summed E-state index contributed by atoms with van der Waals surface area (Å²) in [7, 11) is 0. The van der Waals surface area contributed by atoms with Crippen molar-refractivity contribution in [2.45, 2.75) is 64.0 Å². The first-order chi connectivity index (χ1) is 18.7. The van der Waals surface area contributed by atoms with E-state index in [4.69, 9.17) is 4.74 Å². The number of amides is 2. The van der Waals surface area contributed by atoms with Crippen LogP contribution >= 0.6 is 0 Å². The van der Waals surface area contributed by atoms with E-state index in [0.29, 0.717) is 18.4 Å². The van der Waals surface area contributed by atoms with Gasteiger partial charge in [-0.15, -0.1) is 0 Å². The Morgan fingerprint density at radius 2 is 1.77 bits per heavy atom. The lowest BCUT2D eigenvalue weighted by atomic mass is 9.62. The molecule has 208 valence electrons. The van der Waals surface area contributed by atoms with Crippen LogP contribution in [0.3, 0.4) is 0 Å². The summed E-state index contributed by atoms with van der Waals surface area (Å²) in [6.07, 6.45) is 1.54. The molecule has 3 heterocycles. The number of hydrogen-bond donors (Lipinski definition) is 2. The standard InChI is InChI=1S/C31H37FN2O5/c1-18(2)23-15-22-28(24-16-27(39-31(23,24)38)20-8-9-26(35)25(32)14-20)30(37)34(29(22)36)21-10-12-33(13-11-21)17-19-6-4-3-5-7-19/h3-9,14,18,21-24,27-28,35,38H,10-13,15-17H2,1-2H3/t22-,23+,24-,27-,28-,31+/m0/s1. The van der Waals surface area contributed by atoms with E-state index in [1.807, 2.05) is 32.0 Å². The Hall–Kier alpha value is -2.81. The Balaban J connectivity index is 1.22. The second-order valence-corrected chi connectivity index (χ2v) is 12.2. The van der Waals surface area contributed by atoms with Crippen LogP contribution in [0.2, 0.25) is 0 Å². The average Bonchev–Trinajstić information content (AvgIpc) is 3.39. The lowest BCUT2D eigenvalue weighted by Gasteiger charge is -2.46. The van der Waals surface area contributed by atoms with Crippen LogP contribution in [0.25, 0.3) is 0 Å². The number of ether oxygens (including phenoxy) is 1. The molecule has 8 heteroatoms. The van der Waals surface area contributed by atoms with Crippen molar-refractivity contribution in [3.8, 4) is 5.75 Å². The third-order valence-electron chi connectivity index (χ3n) is 9.63. The van der Waals surface area contributed by atoms with Crippen molar-refractivity contribution in [1.82, 2.24) is 9.80 Å². The number of fused-ring (bicyclic) bond motifs is 3. The molecule has 0 unspecified atom stereocenters. The molecule has 0 radical (unpaired) electrons. The highest BCUT2D eigenvalue weighted by Gasteiger charge is 2.67. The zero-order valence-corrected chi connectivity index (χ0v) is 22.5. The Morgan fingerprint density at radius 1 is 1.05 bits per heavy atom. The molecule has 1 aliphatic carbocycles. The zero-order valence-electron chi connectivity index (χ0n) is 22.5. The van der Waals surface area contributed by atoms with Crippen molar-refractivity contribution >= 4 is 11.8 Å². The lowest BCUT2D eigenvalue weighted by Crippen LogP contribution is -2.55. The summed E-state index contributed by atoms with van der Waals surface area (Å²) in [4.78, 5) is 31.6. The summed E-state index contributed by atoms with van der Waals surface area (Å²) in [5.74, 6) is -5.10. The second-order valence-electron chi connectivity index (χ2n) is 12.2. The van der Waals surface area contributed by atoms with E-state index >= 15 is 0 Å². The third kappa shape index (κ3) is 4.46. The molecule has 0 bridgehead atoms. The van der Waals surface area contributed by atoms with Gasteiger partial charge in [-0.2, -0.15) is 0 Å². The largest absolute Gasteiger partial charge is 0.505 e. The second kappa shape index (κ2) is 9.98. The number of carbonyl (C=O) groups is 2. The molecule has 4 fully saturated rings. The predicted molar refractivity (Wildman–Crippen MR) is 141 cm³/mol. The van der Waals surface area contributed by atoms with E-state index in [2.05, 4.69) is 17.0 Å².